The SMILES string of the molecule is CNc1cc(NCC(F)(F)CO)cc([N+](=O)[O-])c1. The van der Waals surface area contributed by atoms with Gasteiger partial charge in [0.25, 0.3) is 11.6 Å². The van der Waals surface area contributed by atoms with Crippen LogP contribution in [0.2, 0.25) is 0 Å². The van der Waals surface area contributed by atoms with Crippen LogP contribution in [0, 0.1) is 10.1 Å². The molecule has 0 atom stereocenters. The van der Waals surface area contributed by atoms with Gasteiger partial charge in [0.2, 0.25) is 0 Å². The molecule has 1 aromatic rings. The highest BCUT2D eigenvalue weighted by Gasteiger charge is 2.27. The van der Waals surface area contributed by atoms with Gasteiger partial charge < -0.3 is 15.7 Å². The fourth-order valence-electron chi connectivity index (χ4n) is 1.25. The summed E-state index contributed by atoms with van der Waals surface area (Å²) in [5, 5.41) is 24.1. The summed E-state index contributed by atoms with van der Waals surface area (Å²) in [6.45, 7) is -2.08. The molecule has 0 heterocycles. The Kier molecular flexibility index (Phi) is 4.38. The first kappa shape index (κ1) is 14.1. The van der Waals surface area contributed by atoms with Gasteiger partial charge in [0.05, 0.1) is 11.5 Å². The minimum atomic E-state index is -3.27. The van der Waals surface area contributed by atoms with Gasteiger partial charge in [0, 0.05) is 30.6 Å². The normalized spacial score (nSPS) is 11.1. The number of rotatable bonds is 6. The van der Waals surface area contributed by atoms with E-state index in [-0.39, 0.29) is 11.4 Å². The standard InChI is InChI=1S/C10H13F2N3O3/c1-13-7-2-8(4-9(3-7)15(17)18)14-5-10(11,12)6-16/h2-4,13-14,16H,5-6H2,1H3. The molecule has 0 amide bonds. The highest BCUT2D eigenvalue weighted by molar-refractivity contribution is 5.63. The third-order valence-electron chi connectivity index (χ3n) is 2.20. The molecule has 0 bridgehead atoms. The number of aliphatic hydroxyl groups is 1. The van der Waals surface area contributed by atoms with E-state index in [9.17, 15) is 18.9 Å². The van der Waals surface area contributed by atoms with Crippen molar-refractivity contribution >= 4 is 17.1 Å². The fraction of sp³-hybridized carbons (Fsp3) is 0.400. The van der Waals surface area contributed by atoms with Gasteiger partial charge in [0.15, 0.2) is 0 Å². The van der Waals surface area contributed by atoms with Crippen molar-refractivity contribution in [3.63, 3.8) is 0 Å². The number of hydrogen-bond acceptors (Lipinski definition) is 5. The van der Waals surface area contributed by atoms with Gasteiger partial charge in [-0.3, -0.25) is 10.1 Å². The van der Waals surface area contributed by atoms with Crippen LogP contribution in [-0.4, -0.2) is 36.2 Å². The number of hydrogen-bond donors (Lipinski definition) is 3. The van der Waals surface area contributed by atoms with Crippen LogP contribution >= 0.6 is 0 Å². The molecule has 0 fully saturated rings. The van der Waals surface area contributed by atoms with Crippen LogP contribution in [0.3, 0.4) is 0 Å². The fourth-order valence-corrected chi connectivity index (χ4v) is 1.25. The van der Waals surface area contributed by atoms with Crippen LogP contribution < -0.4 is 10.6 Å². The average Bonchev–Trinajstić information content (AvgIpc) is 2.36. The summed E-state index contributed by atoms with van der Waals surface area (Å²) in [5.41, 5.74) is 0.400. The van der Waals surface area contributed by atoms with Crippen molar-refractivity contribution in [2.75, 3.05) is 30.8 Å². The molecule has 0 saturated carbocycles. The highest BCUT2D eigenvalue weighted by Crippen LogP contribution is 2.25. The van der Waals surface area contributed by atoms with Crippen molar-refractivity contribution < 1.29 is 18.8 Å². The summed E-state index contributed by atoms with van der Waals surface area (Å²) in [7, 11) is 1.56. The topological polar surface area (TPSA) is 87.4 Å². The molecule has 1 aromatic carbocycles. The number of nitrogens with one attached hydrogen (secondary N) is 2. The number of nitro benzene ring substituents is 1. The summed E-state index contributed by atoms with van der Waals surface area (Å²) >= 11 is 0. The Balaban J connectivity index is 2.88. The second-order valence-electron chi connectivity index (χ2n) is 3.64. The lowest BCUT2D eigenvalue weighted by molar-refractivity contribution is -0.384. The summed E-state index contributed by atoms with van der Waals surface area (Å²) in [6, 6.07) is 3.89. The lowest BCUT2D eigenvalue weighted by Gasteiger charge is -2.15. The van der Waals surface area contributed by atoms with Gasteiger partial charge in [-0.05, 0) is 6.07 Å². The van der Waals surface area contributed by atoms with Crippen LogP contribution in [0.25, 0.3) is 0 Å². The number of anilines is 2. The maximum Gasteiger partial charge on any atom is 0.287 e. The first-order valence-corrected chi connectivity index (χ1v) is 5.08. The highest BCUT2D eigenvalue weighted by atomic mass is 19.3. The van der Waals surface area contributed by atoms with Crippen LogP contribution in [0.1, 0.15) is 0 Å². The quantitative estimate of drug-likeness (QED) is 0.535. The van der Waals surface area contributed by atoms with E-state index in [4.69, 9.17) is 5.11 Å². The van der Waals surface area contributed by atoms with Gasteiger partial charge in [-0.15, -0.1) is 0 Å². The summed E-state index contributed by atoms with van der Waals surface area (Å²) in [6.07, 6.45) is 0. The molecular weight excluding hydrogens is 248 g/mol. The van der Waals surface area contributed by atoms with Crippen LogP contribution in [0.15, 0.2) is 18.2 Å². The Hall–Kier alpha value is -1.96. The van der Waals surface area contributed by atoms with Crippen molar-refractivity contribution in [1.82, 2.24) is 0 Å². The maximum absolute atomic E-state index is 12.8. The molecule has 1 rings (SSSR count). The molecule has 0 aliphatic rings. The third-order valence-corrected chi connectivity index (χ3v) is 2.20. The molecule has 8 heteroatoms. The first-order chi connectivity index (χ1) is 8.38. The number of halogens is 2. The third kappa shape index (κ3) is 3.81. The maximum atomic E-state index is 12.8. The molecule has 0 aromatic heterocycles. The van der Waals surface area contributed by atoms with Crippen LogP contribution in [-0.2, 0) is 0 Å². The van der Waals surface area contributed by atoms with E-state index < -0.39 is 24.0 Å². The van der Waals surface area contributed by atoms with Crippen molar-refractivity contribution in [2.24, 2.45) is 0 Å². The predicted octanol–water partition coefficient (Wildman–Crippen LogP) is 1.68. The van der Waals surface area contributed by atoms with E-state index in [1.54, 1.807) is 7.05 Å². The summed E-state index contributed by atoms with van der Waals surface area (Å²) in [4.78, 5) is 10.0. The number of nitrogens with zero attached hydrogens (tertiary/aromatic N) is 1. The molecule has 0 saturated heterocycles. The molecule has 0 aliphatic carbocycles. The molecule has 18 heavy (non-hydrogen) atoms. The summed E-state index contributed by atoms with van der Waals surface area (Å²) in [5.74, 6) is -3.27. The molecule has 0 aliphatic heterocycles. The minimum absolute atomic E-state index is 0.182. The summed E-state index contributed by atoms with van der Waals surface area (Å²) < 4.78 is 25.6. The Morgan fingerprint density at radius 1 is 1.39 bits per heavy atom. The van der Waals surface area contributed by atoms with Crippen LogP contribution in [0.4, 0.5) is 25.8 Å². The van der Waals surface area contributed by atoms with E-state index in [2.05, 4.69) is 10.6 Å². The lowest BCUT2D eigenvalue weighted by Crippen LogP contribution is -2.31. The van der Waals surface area contributed by atoms with E-state index in [1.165, 1.54) is 12.1 Å². The number of non-ortho nitro benzene ring substituents is 1. The predicted molar refractivity (Wildman–Crippen MR) is 63.2 cm³/mol. The molecule has 0 spiro atoms. The van der Waals surface area contributed by atoms with E-state index in [0.717, 1.165) is 6.07 Å². The molecule has 100 valence electrons. The second kappa shape index (κ2) is 5.58. The van der Waals surface area contributed by atoms with Crippen molar-refractivity contribution in [3.05, 3.63) is 28.3 Å². The van der Waals surface area contributed by atoms with Crippen molar-refractivity contribution in [1.29, 1.82) is 0 Å². The van der Waals surface area contributed by atoms with Crippen molar-refractivity contribution in [2.45, 2.75) is 5.92 Å². The molecule has 3 N–H and O–H groups in total. The van der Waals surface area contributed by atoms with Gasteiger partial charge in [-0.1, -0.05) is 0 Å². The monoisotopic (exact) mass is 261 g/mol. The number of nitro groups is 1. The zero-order chi connectivity index (χ0) is 13.8. The number of benzene rings is 1. The van der Waals surface area contributed by atoms with Crippen molar-refractivity contribution in [3.8, 4) is 0 Å². The number of aliphatic hydroxyl groups excluding tert-OH is 1. The Morgan fingerprint density at radius 2 is 2.00 bits per heavy atom. The zero-order valence-corrected chi connectivity index (χ0v) is 9.61. The van der Waals surface area contributed by atoms with Gasteiger partial charge in [0.1, 0.15) is 6.61 Å². The molecule has 0 unspecified atom stereocenters. The minimum Gasteiger partial charge on any atom is -0.390 e. The Morgan fingerprint density at radius 3 is 2.50 bits per heavy atom. The van der Waals surface area contributed by atoms with Crippen LogP contribution in [0.5, 0.6) is 0 Å². The first-order valence-electron chi connectivity index (χ1n) is 5.08. The van der Waals surface area contributed by atoms with E-state index in [1.807, 2.05) is 0 Å². The Labute approximate surface area is 102 Å². The number of alkyl halides is 2. The molecule has 0 radical (unpaired) electrons. The smallest absolute Gasteiger partial charge is 0.287 e. The van der Waals surface area contributed by atoms with Gasteiger partial charge in [-0.25, -0.2) is 8.78 Å². The van der Waals surface area contributed by atoms with E-state index >= 15 is 0 Å². The average molecular weight is 261 g/mol. The van der Waals surface area contributed by atoms with Gasteiger partial charge >= 0.3 is 0 Å². The lowest BCUT2D eigenvalue weighted by atomic mass is 10.2. The Bertz CT molecular complexity index is 440. The van der Waals surface area contributed by atoms with Gasteiger partial charge in [-0.2, -0.15) is 0 Å². The largest absolute Gasteiger partial charge is 0.390 e. The van der Waals surface area contributed by atoms with E-state index in [0.29, 0.717) is 5.69 Å². The second-order valence-corrected chi connectivity index (χ2v) is 3.64. The zero-order valence-electron chi connectivity index (χ0n) is 9.61. The molecular formula is C10H13F2N3O3. The molecule has 6 nitrogen and oxygen atoms in total.